The third kappa shape index (κ3) is 5.01. The van der Waals surface area contributed by atoms with Gasteiger partial charge in [-0.15, -0.1) is 9.24 Å². The summed E-state index contributed by atoms with van der Waals surface area (Å²) in [5, 5.41) is -0.319. The van der Waals surface area contributed by atoms with Crippen LogP contribution < -0.4 is 0 Å². The van der Waals surface area contributed by atoms with Crippen LogP contribution in [0.4, 0.5) is 0 Å². The quantitative estimate of drug-likeness (QED) is 0.226. The number of pyridine rings is 2. The third-order valence-electron chi connectivity index (χ3n) is 14.4. The zero-order valence-corrected chi connectivity index (χ0v) is 29.8. The lowest BCUT2D eigenvalue weighted by molar-refractivity contribution is 0.0131. The molecule has 0 spiro atoms. The summed E-state index contributed by atoms with van der Waals surface area (Å²) in [6.45, 7) is 0. The molecule has 9 aliphatic rings. The summed E-state index contributed by atoms with van der Waals surface area (Å²) in [5.74, 6) is 8.48. The van der Waals surface area contributed by atoms with E-state index in [4.69, 9.17) is 0 Å². The molecule has 2 aromatic heterocycles. The highest BCUT2D eigenvalue weighted by Gasteiger charge is 2.57. The van der Waals surface area contributed by atoms with Gasteiger partial charge in [-0.25, -0.2) is 0 Å². The lowest BCUT2D eigenvalue weighted by Crippen LogP contribution is -2.53. The molecule has 0 radical (unpaired) electrons. The first-order valence-electron chi connectivity index (χ1n) is 18.9. The van der Waals surface area contributed by atoms with Crippen molar-refractivity contribution in [2.24, 2.45) is 53.3 Å². The van der Waals surface area contributed by atoms with E-state index in [0.717, 1.165) is 58.7 Å². The van der Waals surface area contributed by atoms with Crippen molar-refractivity contribution in [3.05, 3.63) is 114 Å². The molecule has 0 amide bonds. The minimum atomic E-state index is -0.319. The van der Waals surface area contributed by atoms with Crippen LogP contribution in [0.1, 0.15) is 80.9 Å². The summed E-state index contributed by atoms with van der Waals surface area (Å²) >= 11 is 0. The second-order valence-electron chi connectivity index (χ2n) is 17.1. The Hall–Kier alpha value is -2.14. The number of benzene rings is 1. The molecule has 2 unspecified atom stereocenters. The average Bonchev–Trinajstić information content (AvgIpc) is 3.52. The first kappa shape index (κ1) is 29.7. The lowest BCUT2D eigenvalue weighted by Gasteiger charge is -2.62. The van der Waals surface area contributed by atoms with Gasteiger partial charge in [0, 0.05) is 35.9 Å². The van der Waals surface area contributed by atoms with Crippen LogP contribution in [0, 0.1) is 53.3 Å². The normalized spacial score (nSPS) is 38.8. The van der Waals surface area contributed by atoms with Crippen molar-refractivity contribution in [3.63, 3.8) is 0 Å². The molecule has 0 aliphatic heterocycles. The van der Waals surface area contributed by atoms with E-state index in [0.29, 0.717) is 0 Å². The van der Waals surface area contributed by atoms with Crippen LogP contribution in [-0.2, 0) is 5.16 Å². The molecule has 2 heterocycles. The van der Waals surface area contributed by atoms with Crippen molar-refractivity contribution in [1.29, 1.82) is 0 Å². The second-order valence-corrected chi connectivity index (χ2v) is 20.5. The van der Waals surface area contributed by atoms with Gasteiger partial charge in [-0.3, -0.25) is 9.97 Å². The molecule has 2 atom stereocenters. The first-order valence-corrected chi connectivity index (χ1v) is 21.2. The summed E-state index contributed by atoms with van der Waals surface area (Å²) in [7, 11) is 3.28. The Morgan fingerprint density at radius 2 is 1.11 bits per heavy atom. The Labute approximate surface area is 285 Å². The number of hydrogen-bond donors (Lipinski definition) is 0. The van der Waals surface area contributed by atoms with E-state index in [9.17, 15) is 0 Å². The monoisotopic (exact) mass is 656 g/mol. The van der Waals surface area contributed by atoms with E-state index in [-0.39, 0.29) is 19.0 Å². The standard InChI is InChI=1S/C43H50N2P2/c46-43(38-8-4-10-44-24-38,39-9-5-11-45-25-39)40-23-32(31-6-2-1-3-7-31)22-37(40)26-47(41-33-14-27-12-28(16-33)17-34(41)15-27)42-35-18-29-13-30(20-35)21-36(42)19-29/h1-11,22-25,27-30,33-36,40-42H,12-21,26,46H2. The minimum Gasteiger partial charge on any atom is -0.264 e. The molecule has 4 heteroatoms. The highest BCUT2D eigenvalue weighted by atomic mass is 31.1. The average molecular weight is 657 g/mol. The Balaban J connectivity index is 1.10. The maximum atomic E-state index is 4.69. The first-order chi connectivity index (χ1) is 23.1. The predicted molar refractivity (Wildman–Crippen MR) is 198 cm³/mol. The predicted octanol–water partition coefficient (Wildman–Crippen LogP) is 10.4. The molecule has 12 rings (SSSR count). The number of allylic oxidation sites excluding steroid dienone is 4. The molecule has 9 aliphatic carbocycles. The van der Waals surface area contributed by atoms with E-state index in [1.54, 1.807) is 69.8 Å². The summed E-state index contributed by atoms with van der Waals surface area (Å²) in [4.78, 5) is 9.37. The Bertz CT molecular complexity index is 1530. The minimum absolute atomic E-state index is 0.113. The molecule has 0 N–H and O–H groups in total. The van der Waals surface area contributed by atoms with Crippen molar-refractivity contribution in [1.82, 2.24) is 9.97 Å². The maximum absolute atomic E-state index is 4.69. The Morgan fingerprint density at radius 1 is 0.617 bits per heavy atom. The molecule has 8 bridgehead atoms. The fraction of sp³-hybridized carbons (Fsp3) is 0.535. The number of aromatic nitrogens is 2. The smallest absolute Gasteiger partial charge is 0.0474 e. The summed E-state index contributed by atoms with van der Waals surface area (Å²) < 4.78 is 0. The van der Waals surface area contributed by atoms with E-state index in [2.05, 4.69) is 98.4 Å². The van der Waals surface area contributed by atoms with Gasteiger partial charge < -0.3 is 0 Å². The highest BCUT2D eigenvalue weighted by Crippen LogP contribution is 2.72. The van der Waals surface area contributed by atoms with Gasteiger partial charge >= 0.3 is 0 Å². The number of nitrogens with zero attached hydrogens (tertiary/aromatic N) is 2. The van der Waals surface area contributed by atoms with Gasteiger partial charge in [-0.05, 0) is 163 Å². The fourth-order valence-electron chi connectivity index (χ4n) is 13.2. The van der Waals surface area contributed by atoms with Crippen molar-refractivity contribution in [2.75, 3.05) is 6.16 Å². The molecular weight excluding hydrogens is 606 g/mol. The van der Waals surface area contributed by atoms with Crippen LogP contribution in [0.15, 0.2) is 97.1 Å². The molecule has 1 aromatic carbocycles. The SMILES string of the molecule is PC(c1cccnc1)(c1cccnc1)C1C=C(c2ccccc2)C=C1CP(C1C2CC3CC(C2)CC1C3)C1C2CC3CC(C2)CC1C3. The largest absolute Gasteiger partial charge is 0.264 e. The van der Waals surface area contributed by atoms with E-state index >= 15 is 0 Å². The van der Waals surface area contributed by atoms with Crippen LogP contribution in [0.3, 0.4) is 0 Å². The van der Waals surface area contributed by atoms with E-state index < -0.39 is 0 Å². The van der Waals surface area contributed by atoms with Crippen LogP contribution in [0.5, 0.6) is 0 Å². The fourth-order valence-corrected chi connectivity index (χ4v) is 18.6. The Morgan fingerprint density at radius 3 is 1.55 bits per heavy atom. The zero-order chi connectivity index (χ0) is 31.1. The molecule has 242 valence electrons. The second kappa shape index (κ2) is 11.7. The van der Waals surface area contributed by atoms with Crippen LogP contribution in [0.2, 0.25) is 0 Å². The van der Waals surface area contributed by atoms with Gasteiger partial charge in [0.2, 0.25) is 0 Å². The van der Waals surface area contributed by atoms with Crippen LogP contribution >= 0.6 is 17.2 Å². The van der Waals surface area contributed by atoms with Gasteiger partial charge in [-0.2, -0.15) is 0 Å². The van der Waals surface area contributed by atoms with Crippen LogP contribution in [-0.4, -0.2) is 27.4 Å². The maximum Gasteiger partial charge on any atom is 0.0474 e. The summed E-state index contributed by atoms with van der Waals surface area (Å²) in [6.07, 6.45) is 30.3. The van der Waals surface area contributed by atoms with E-state index in [1.807, 2.05) is 12.4 Å². The molecule has 47 heavy (non-hydrogen) atoms. The number of hydrogen-bond acceptors (Lipinski definition) is 2. The van der Waals surface area contributed by atoms with Gasteiger partial charge in [0.15, 0.2) is 0 Å². The highest BCUT2D eigenvalue weighted by molar-refractivity contribution is 7.59. The van der Waals surface area contributed by atoms with E-state index in [1.165, 1.54) is 28.4 Å². The summed E-state index contributed by atoms with van der Waals surface area (Å²) in [5.41, 5.74) is 9.00. The summed E-state index contributed by atoms with van der Waals surface area (Å²) in [6, 6.07) is 20.1. The molecule has 8 fully saturated rings. The molecule has 0 saturated heterocycles. The van der Waals surface area contributed by atoms with Crippen molar-refractivity contribution < 1.29 is 0 Å². The molecule has 2 nitrogen and oxygen atoms in total. The topological polar surface area (TPSA) is 25.8 Å². The lowest BCUT2D eigenvalue weighted by atomic mass is 9.55. The van der Waals surface area contributed by atoms with Crippen molar-refractivity contribution >= 4 is 22.7 Å². The van der Waals surface area contributed by atoms with Crippen molar-refractivity contribution in [3.8, 4) is 0 Å². The van der Waals surface area contributed by atoms with Gasteiger partial charge in [-0.1, -0.05) is 68.1 Å². The third-order valence-corrected chi connectivity index (χ3v) is 19.4. The van der Waals surface area contributed by atoms with Gasteiger partial charge in [0.05, 0.1) is 0 Å². The molecule has 8 saturated carbocycles. The molecular formula is C43H50N2P2. The number of rotatable bonds is 8. The van der Waals surface area contributed by atoms with Gasteiger partial charge in [0.1, 0.15) is 0 Å². The van der Waals surface area contributed by atoms with Crippen LogP contribution in [0.25, 0.3) is 5.57 Å². The van der Waals surface area contributed by atoms with Gasteiger partial charge in [0.25, 0.3) is 0 Å². The van der Waals surface area contributed by atoms with Crippen molar-refractivity contribution in [2.45, 2.75) is 80.7 Å². The zero-order valence-electron chi connectivity index (χ0n) is 27.7. The molecule has 3 aromatic rings. The Kier molecular flexibility index (Phi) is 7.43.